The number of furan rings is 1. The molecule has 1 aliphatic heterocycles. The maximum absolute atomic E-state index is 12.5. The lowest BCUT2D eigenvalue weighted by molar-refractivity contribution is 0.0656. The summed E-state index contributed by atoms with van der Waals surface area (Å²) in [7, 11) is 0. The van der Waals surface area contributed by atoms with Gasteiger partial charge in [-0.05, 0) is 38.5 Å². The quantitative estimate of drug-likeness (QED) is 0.652. The van der Waals surface area contributed by atoms with Crippen molar-refractivity contribution in [3.63, 3.8) is 0 Å². The third-order valence-corrected chi connectivity index (χ3v) is 4.49. The molecule has 132 valence electrons. The van der Waals surface area contributed by atoms with E-state index in [9.17, 15) is 9.59 Å². The number of imide groups is 1. The summed E-state index contributed by atoms with van der Waals surface area (Å²) in [5, 5.41) is 0.944. The number of hydrogen-bond acceptors (Lipinski definition) is 4. The molecule has 0 saturated heterocycles. The molecule has 1 aliphatic rings. The van der Waals surface area contributed by atoms with E-state index in [0.29, 0.717) is 35.4 Å². The van der Waals surface area contributed by atoms with Crippen molar-refractivity contribution >= 4 is 22.8 Å². The topological polar surface area (TPSA) is 59.8 Å². The fourth-order valence-electron chi connectivity index (χ4n) is 3.30. The first kappa shape index (κ1) is 16.4. The monoisotopic (exact) mass is 349 g/mol. The second kappa shape index (κ2) is 6.33. The largest absolute Gasteiger partial charge is 0.487 e. The standard InChI is InChI=1S/C21H19NO4/c1-13(2)26-18-9-5-8-15-14(12-25-19(15)18)10-11-22-20(23)16-6-3-4-7-17(16)21(22)24/h3-9,12-13H,10-11H2,1-2H3. The van der Waals surface area contributed by atoms with Gasteiger partial charge in [0.05, 0.1) is 23.5 Å². The Labute approximate surface area is 151 Å². The van der Waals surface area contributed by atoms with Gasteiger partial charge in [0.15, 0.2) is 11.3 Å². The molecule has 0 saturated carbocycles. The van der Waals surface area contributed by atoms with Crippen LogP contribution in [0.3, 0.4) is 0 Å². The molecule has 0 radical (unpaired) electrons. The van der Waals surface area contributed by atoms with Gasteiger partial charge >= 0.3 is 0 Å². The number of carbonyl (C=O) groups is 2. The normalized spacial score (nSPS) is 13.7. The predicted octanol–water partition coefficient (Wildman–Crippen LogP) is 4.06. The van der Waals surface area contributed by atoms with Crippen molar-refractivity contribution in [2.45, 2.75) is 26.4 Å². The van der Waals surface area contributed by atoms with Gasteiger partial charge in [0.1, 0.15) is 0 Å². The van der Waals surface area contributed by atoms with Gasteiger partial charge in [-0.2, -0.15) is 0 Å². The highest BCUT2D eigenvalue weighted by molar-refractivity contribution is 6.21. The third-order valence-electron chi connectivity index (χ3n) is 4.49. The molecule has 5 nitrogen and oxygen atoms in total. The van der Waals surface area contributed by atoms with Gasteiger partial charge in [-0.25, -0.2) is 0 Å². The molecule has 4 rings (SSSR count). The van der Waals surface area contributed by atoms with E-state index in [1.54, 1.807) is 30.5 Å². The highest BCUT2D eigenvalue weighted by atomic mass is 16.5. The summed E-state index contributed by atoms with van der Waals surface area (Å²) in [6.07, 6.45) is 2.26. The lowest BCUT2D eigenvalue weighted by Gasteiger charge is -2.13. The van der Waals surface area contributed by atoms with Crippen molar-refractivity contribution in [1.82, 2.24) is 4.90 Å². The molecule has 1 aromatic heterocycles. The Kier molecular flexibility index (Phi) is 3.99. The first-order chi connectivity index (χ1) is 12.6. The molecule has 0 aliphatic carbocycles. The molecule has 0 spiro atoms. The van der Waals surface area contributed by atoms with Crippen molar-refractivity contribution in [2.24, 2.45) is 0 Å². The molecule has 0 bridgehead atoms. The lowest BCUT2D eigenvalue weighted by Crippen LogP contribution is -2.31. The molecular weight excluding hydrogens is 330 g/mol. The lowest BCUT2D eigenvalue weighted by atomic mass is 10.1. The van der Waals surface area contributed by atoms with Crippen LogP contribution in [0.1, 0.15) is 40.1 Å². The number of nitrogens with zero attached hydrogens (tertiary/aromatic N) is 1. The molecule has 2 heterocycles. The SMILES string of the molecule is CC(C)Oc1cccc2c(CCN3C(=O)c4ccccc4C3=O)coc12. The summed E-state index contributed by atoms with van der Waals surface area (Å²) in [4.78, 5) is 26.2. The van der Waals surface area contributed by atoms with Crippen molar-refractivity contribution in [3.8, 4) is 5.75 Å². The maximum atomic E-state index is 12.5. The Morgan fingerprint density at radius 2 is 1.69 bits per heavy atom. The van der Waals surface area contributed by atoms with Gasteiger partial charge in [0.25, 0.3) is 11.8 Å². The Morgan fingerprint density at radius 3 is 2.35 bits per heavy atom. The second-order valence-electron chi connectivity index (χ2n) is 6.62. The van der Waals surface area contributed by atoms with Crippen LogP contribution < -0.4 is 4.74 Å². The van der Waals surface area contributed by atoms with Crippen LogP contribution >= 0.6 is 0 Å². The van der Waals surface area contributed by atoms with Gasteiger partial charge in [-0.3, -0.25) is 14.5 Å². The van der Waals surface area contributed by atoms with E-state index in [1.165, 1.54) is 4.90 Å². The minimum atomic E-state index is -0.234. The molecule has 0 atom stereocenters. The Morgan fingerprint density at radius 1 is 1.00 bits per heavy atom. The first-order valence-electron chi connectivity index (χ1n) is 8.67. The number of para-hydroxylation sites is 1. The summed E-state index contributed by atoms with van der Waals surface area (Å²) < 4.78 is 11.5. The minimum absolute atomic E-state index is 0.0486. The van der Waals surface area contributed by atoms with Crippen LogP contribution in [-0.2, 0) is 6.42 Å². The van der Waals surface area contributed by atoms with Gasteiger partial charge in [-0.15, -0.1) is 0 Å². The number of rotatable bonds is 5. The number of amides is 2. The molecule has 0 unspecified atom stereocenters. The minimum Gasteiger partial charge on any atom is -0.487 e. The van der Waals surface area contributed by atoms with E-state index in [1.807, 2.05) is 32.0 Å². The zero-order valence-corrected chi connectivity index (χ0v) is 14.7. The molecule has 2 amide bonds. The Balaban J connectivity index is 1.56. The Hall–Kier alpha value is -3.08. The van der Waals surface area contributed by atoms with Gasteiger partial charge in [0.2, 0.25) is 0 Å². The molecule has 26 heavy (non-hydrogen) atoms. The summed E-state index contributed by atoms with van der Waals surface area (Å²) in [6, 6.07) is 12.7. The van der Waals surface area contributed by atoms with Gasteiger partial charge in [0, 0.05) is 17.5 Å². The van der Waals surface area contributed by atoms with Crippen LogP contribution in [0.5, 0.6) is 5.75 Å². The number of benzene rings is 2. The molecule has 5 heteroatoms. The molecule has 0 fully saturated rings. The Bertz CT molecular complexity index is 967. The molecule has 0 N–H and O–H groups in total. The fourth-order valence-corrected chi connectivity index (χ4v) is 3.30. The number of fused-ring (bicyclic) bond motifs is 2. The number of hydrogen-bond donors (Lipinski definition) is 0. The van der Waals surface area contributed by atoms with E-state index in [4.69, 9.17) is 9.15 Å². The third kappa shape index (κ3) is 2.65. The average molecular weight is 349 g/mol. The zero-order valence-electron chi connectivity index (χ0n) is 14.7. The highest BCUT2D eigenvalue weighted by Gasteiger charge is 2.34. The first-order valence-corrected chi connectivity index (χ1v) is 8.67. The second-order valence-corrected chi connectivity index (χ2v) is 6.62. The van der Waals surface area contributed by atoms with E-state index in [-0.39, 0.29) is 17.9 Å². The van der Waals surface area contributed by atoms with E-state index in [0.717, 1.165) is 10.9 Å². The smallest absolute Gasteiger partial charge is 0.261 e. The predicted molar refractivity (Wildman–Crippen MR) is 97.5 cm³/mol. The fraction of sp³-hybridized carbons (Fsp3) is 0.238. The van der Waals surface area contributed by atoms with Crippen molar-refractivity contribution < 1.29 is 18.7 Å². The van der Waals surface area contributed by atoms with E-state index >= 15 is 0 Å². The molecule has 3 aromatic rings. The van der Waals surface area contributed by atoms with Crippen LogP contribution in [-0.4, -0.2) is 29.4 Å². The van der Waals surface area contributed by atoms with Crippen molar-refractivity contribution in [1.29, 1.82) is 0 Å². The van der Waals surface area contributed by atoms with Crippen molar-refractivity contribution in [2.75, 3.05) is 6.54 Å². The highest BCUT2D eigenvalue weighted by Crippen LogP contribution is 2.31. The number of carbonyl (C=O) groups excluding carboxylic acids is 2. The summed E-state index contributed by atoms with van der Waals surface area (Å²) >= 11 is 0. The van der Waals surface area contributed by atoms with Crippen LogP contribution in [0.15, 0.2) is 53.1 Å². The summed E-state index contributed by atoms with van der Waals surface area (Å²) in [6.45, 7) is 4.24. The van der Waals surface area contributed by atoms with Crippen LogP contribution in [0, 0.1) is 0 Å². The number of ether oxygens (including phenoxy) is 1. The van der Waals surface area contributed by atoms with Crippen LogP contribution in [0.4, 0.5) is 0 Å². The maximum Gasteiger partial charge on any atom is 0.261 e. The van der Waals surface area contributed by atoms with Gasteiger partial charge < -0.3 is 9.15 Å². The van der Waals surface area contributed by atoms with Gasteiger partial charge in [-0.1, -0.05) is 24.3 Å². The molecule has 2 aromatic carbocycles. The average Bonchev–Trinajstić information content (AvgIpc) is 3.14. The molecular formula is C21H19NO4. The summed E-state index contributed by atoms with van der Waals surface area (Å²) in [5.41, 5.74) is 2.59. The van der Waals surface area contributed by atoms with E-state index < -0.39 is 0 Å². The van der Waals surface area contributed by atoms with E-state index in [2.05, 4.69) is 0 Å². The van der Waals surface area contributed by atoms with Crippen LogP contribution in [0.25, 0.3) is 11.0 Å². The van der Waals surface area contributed by atoms with Crippen molar-refractivity contribution in [3.05, 3.63) is 65.4 Å². The van der Waals surface area contributed by atoms with Crippen LogP contribution in [0.2, 0.25) is 0 Å². The summed E-state index contributed by atoms with van der Waals surface area (Å²) in [5.74, 6) is 0.231. The zero-order chi connectivity index (χ0) is 18.3.